The lowest BCUT2D eigenvalue weighted by Crippen LogP contribution is -1.99. The summed E-state index contributed by atoms with van der Waals surface area (Å²) in [7, 11) is 1.90. The standard InChI is InChI=1S/C17H14BrN3O2/c1-21-17(14(18)9-19-21)20-13-5-2-11(3-6-13)12-4-7-15-16(8-12)23-10-22-15/h2-9,20H,10H2,1H3. The molecule has 0 unspecified atom stereocenters. The van der Waals surface area contributed by atoms with Crippen molar-refractivity contribution in [2.75, 3.05) is 12.1 Å². The molecule has 2 heterocycles. The van der Waals surface area contributed by atoms with Crippen molar-refractivity contribution >= 4 is 27.4 Å². The predicted molar refractivity (Wildman–Crippen MR) is 92.2 cm³/mol. The van der Waals surface area contributed by atoms with E-state index in [4.69, 9.17) is 9.47 Å². The van der Waals surface area contributed by atoms with Crippen LogP contribution in [0, 0.1) is 0 Å². The van der Waals surface area contributed by atoms with E-state index in [2.05, 4.69) is 38.5 Å². The van der Waals surface area contributed by atoms with Crippen LogP contribution in [0.3, 0.4) is 0 Å². The molecule has 4 rings (SSSR count). The molecule has 0 atom stereocenters. The van der Waals surface area contributed by atoms with Crippen LogP contribution in [0.15, 0.2) is 53.1 Å². The number of anilines is 2. The van der Waals surface area contributed by atoms with Crippen LogP contribution in [-0.4, -0.2) is 16.6 Å². The Morgan fingerprint density at radius 1 is 1.04 bits per heavy atom. The summed E-state index contributed by atoms with van der Waals surface area (Å²) < 4.78 is 13.5. The lowest BCUT2D eigenvalue weighted by Gasteiger charge is -2.09. The van der Waals surface area contributed by atoms with Crippen LogP contribution in [0.4, 0.5) is 11.5 Å². The van der Waals surface area contributed by atoms with Gasteiger partial charge in [0, 0.05) is 12.7 Å². The fourth-order valence-corrected chi connectivity index (χ4v) is 2.96. The van der Waals surface area contributed by atoms with Gasteiger partial charge >= 0.3 is 0 Å². The molecule has 2 aromatic carbocycles. The average molecular weight is 372 g/mol. The summed E-state index contributed by atoms with van der Waals surface area (Å²) in [4.78, 5) is 0. The average Bonchev–Trinajstić information content (AvgIpc) is 3.16. The molecule has 5 nitrogen and oxygen atoms in total. The molecule has 3 aromatic rings. The zero-order chi connectivity index (χ0) is 15.8. The number of halogens is 1. The number of hydrogen-bond donors (Lipinski definition) is 1. The number of aryl methyl sites for hydroxylation is 1. The highest BCUT2D eigenvalue weighted by atomic mass is 79.9. The van der Waals surface area contributed by atoms with E-state index in [1.165, 1.54) is 0 Å². The second-order valence-corrected chi connectivity index (χ2v) is 6.09. The molecule has 0 spiro atoms. The van der Waals surface area contributed by atoms with Crippen LogP contribution in [0.25, 0.3) is 11.1 Å². The molecule has 0 fully saturated rings. The summed E-state index contributed by atoms with van der Waals surface area (Å²) in [5, 5.41) is 7.54. The quantitative estimate of drug-likeness (QED) is 0.744. The number of nitrogens with one attached hydrogen (secondary N) is 1. The number of ether oxygens (including phenoxy) is 2. The fourth-order valence-electron chi connectivity index (χ4n) is 2.51. The van der Waals surface area contributed by atoms with Crippen molar-refractivity contribution in [2.24, 2.45) is 7.05 Å². The SMILES string of the molecule is Cn1ncc(Br)c1Nc1ccc(-c2ccc3c(c2)OCO3)cc1. The van der Waals surface area contributed by atoms with Crippen molar-refractivity contribution in [2.45, 2.75) is 0 Å². The fraction of sp³-hybridized carbons (Fsp3) is 0.118. The third-order valence-corrected chi connectivity index (χ3v) is 4.33. The Labute approximate surface area is 142 Å². The Hall–Kier alpha value is -2.47. The monoisotopic (exact) mass is 371 g/mol. The number of benzene rings is 2. The number of aromatic nitrogens is 2. The van der Waals surface area contributed by atoms with Gasteiger partial charge in [0.25, 0.3) is 0 Å². The second-order valence-electron chi connectivity index (χ2n) is 5.24. The van der Waals surface area contributed by atoms with Gasteiger partial charge in [-0.05, 0) is 51.3 Å². The third kappa shape index (κ3) is 2.66. The molecular weight excluding hydrogens is 358 g/mol. The van der Waals surface area contributed by atoms with Crippen LogP contribution >= 0.6 is 15.9 Å². The first-order chi connectivity index (χ1) is 11.2. The van der Waals surface area contributed by atoms with E-state index in [-0.39, 0.29) is 0 Å². The summed E-state index contributed by atoms with van der Waals surface area (Å²) in [6.45, 7) is 0.293. The summed E-state index contributed by atoms with van der Waals surface area (Å²) >= 11 is 3.48. The Morgan fingerprint density at radius 3 is 2.52 bits per heavy atom. The molecule has 1 N–H and O–H groups in total. The first-order valence-corrected chi connectivity index (χ1v) is 7.94. The van der Waals surface area contributed by atoms with Crippen molar-refractivity contribution in [1.29, 1.82) is 0 Å². The molecule has 116 valence electrons. The van der Waals surface area contributed by atoms with E-state index in [1.807, 2.05) is 37.4 Å². The Balaban J connectivity index is 1.58. The molecule has 0 aliphatic carbocycles. The highest BCUT2D eigenvalue weighted by Crippen LogP contribution is 2.36. The van der Waals surface area contributed by atoms with E-state index in [0.717, 1.165) is 38.6 Å². The molecule has 1 aliphatic heterocycles. The summed E-state index contributed by atoms with van der Waals surface area (Å²) in [5.41, 5.74) is 3.22. The van der Waals surface area contributed by atoms with Gasteiger partial charge in [-0.25, -0.2) is 0 Å². The lowest BCUT2D eigenvalue weighted by atomic mass is 10.0. The molecule has 0 radical (unpaired) electrons. The summed E-state index contributed by atoms with van der Waals surface area (Å²) in [5.74, 6) is 2.51. The second kappa shape index (κ2) is 5.62. The Bertz CT molecular complexity index is 839. The maximum atomic E-state index is 5.43. The van der Waals surface area contributed by atoms with E-state index in [1.54, 1.807) is 10.9 Å². The van der Waals surface area contributed by atoms with Gasteiger partial charge in [0.15, 0.2) is 11.5 Å². The van der Waals surface area contributed by atoms with E-state index >= 15 is 0 Å². The molecule has 0 saturated heterocycles. The maximum Gasteiger partial charge on any atom is 0.231 e. The molecule has 1 aromatic heterocycles. The Morgan fingerprint density at radius 2 is 1.78 bits per heavy atom. The molecule has 0 amide bonds. The number of rotatable bonds is 3. The van der Waals surface area contributed by atoms with Crippen molar-refractivity contribution in [1.82, 2.24) is 9.78 Å². The minimum Gasteiger partial charge on any atom is -0.454 e. The zero-order valence-corrected chi connectivity index (χ0v) is 14.0. The molecule has 1 aliphatic rings. The van der Waals surface area contributed by atoms with Gasteiger partial charge in [0.2, 0.25) is 6.79 Å². The molecular formula is C17H14BrN3O2. The van der Waals surface area contributed by atoms with E-state index in [9.17, 15) is 0 Å². The summed E-state index contributed by atoms with van der Waals surface area (Å²) in [6, 6.07) is 14.2. The molecule has 6 heteroatoms. The normalized spacial score (nSPS) is 12.4. The highest BCUT2D eigenvalue weighted by molar-refractivity contribution is 9.10. The van der Waals surface area contributed by atoms with Gasteiger partial charge in [-0.1, -0.05) is 18.2 Å². The lowest BCUT2D eigenvalue weighted by molar-refractivity contribution is 0.174. The zero-order valence-electron chi connectivity index (χ0n) is 12.4. The van der Waals surface area contributed by atoms with Gasteiger partial charge in [0.1, 0.15) is 5.82 Å². The van der Waals surface area contributed by atoms with Crippen LogP contribution in [0.5, 0.6) is 11.5 Å². The van der Waals surface area contributed by atoms with Crippen LogP contribution in [0.2, 0.25) is 0 Å². The number of hydrogen-bond acceptors (Lipinski definition) is 4. The van der Waals surface area contributed by atoms with Crippen molar-refractivity contribution in [3.05, 3.63) is 53.1 Å². The van der Waals surface area contributed by atoms with Crippen LogP contribution in [-0.2, 0) is 7.05 Å². The van der Waals surface area contributed by atoms with Gasteiger partial charge in [-0.15, -0.1) is 0 Å². The maximum absolute atomic E-state index is 5.43. The van der Waals surface area contributed by atoms with Gasteiger partial charge in [0.05, 0.1) is 10.7 Å². The van der Waals surface area contributed by atoms with Gasteiger partial charge in [-0.2, -0.15) is 5.10 Å². The van der Waals surface area contributed by atoms with Crippen molar-refractivity contribution in [3.8, 4) is 22.6 Å². The molecule has 0 bridgehead atoms. The largest absolute Gasteiger partial charge is 0.454 e. The van der Waals surface area contributed by atoms with Gasteiger partial charge in [-0.3, -0.25) is 4.68 Å². The van der Waals surface area contributed by atoms with Crippen molar-refractivity contribution < 1.29 is 9.47 Å². The predicted octanol–water partition coefficient (Wildman–Crippen LogP) is 4.32. The van der Waals surface area contributed by atoms with Gasteiger partial charge < -0.3 is 14.8 Å². The minimum atomic E-state index is 0.293. The first-order valence-electron chi connectivity index (χ1n) is 7.15. The molecule has 23 heavy (non-hydrogen) atoms. The topological polar surface area (TPSA) is 48.3 Å². The molecule has 0 saturated carbocycles. The van der Waals surface area contributed by atoms with Crippen LogP contribution in [0.1, 0.15) is 0 Å². The Kier molecular flexibility index (Phi) is 3.46. The van der Waals surface area contributed by atoms with E-state index in [0.29, 0.717) is 6.79 Å². The highest BCUT2D eigenvalue weighted by Gasteiger charge is 2.13. The number of nitrogens with zero attached hydrogens (tertiary/aromatic N) is 2. The smallest absolute Gasteiger partial charge is 0.231 e. The number of fused-ring (bicyclic) bond motifs is 1. The first kappa shape index (κ1) is 14.1. The third-order valence-electron chi connectivity index (χ3n) is 3.75. The van der Waals surface area contributed by atoms with Crippen LogP contribution < -0.4 is 14.8 Å². The minimum absolute atomic E-state index is 0.293. The summed E-state index contributed by atoms with van der Waals surface area (Å²) in [6.07, 6.45) is 1.77. The van der Waals surface area contributed by atoms with E-state index < -0.39 is 0 Å². The van der Waals surface area contributed by atoms with Crippen molar-refractivity contribution in [3.63, 3.8) is 0 Å².